The van der Waals surface area contributed by atoms with Gasteiger partial charge in [-0.05, 0) is 32.1 Å². The van der Waals surface area contributed by atoms with E-state index in [9.17, 15) is 0 Å². The lowest BCUT2D eigenvalue weighted by molar-refractivity contribution is 0.291. The van der Waals surface area contributed by atoms with E-state index >= 15 is 0 Å². The number of rotatable bonds is 2. The lowest BCUT2D eigenvalue weighted by atomic mass is 9.91. The summed E-state index contributed by atoms with van der Waals surface area (Å²) in [7, 11) is 0. The van der Waals surface area contributed by atoms with Crippen LogP contribution in [0.2, 0.25) is 0 Å². The van der Waals surface area contributed by atoms with Crippen molar-refractivity contribution in [1.29, 1.82) is 0 Å². The number of aliphatic imine (C=N–C) groups is 1. The fourth-order valence-electron chi connectivity index (χ4n) is 3.34. The van der Waals surface area contributed by atoms with Crippen LogP contribution in [-0.4, -0.2) is 31.5 Å². The van der Waals surface area contributed by atoms with Crippen LogP contribution < -0.4 is 10.6 Å². The minimum Gasteiger partial charge on any atom is -0.376 e. The molecule has 3 aliphatic rings. The van der Waals surface area contributed by atoms with E-state index in [-0.39, 0.29) is 0 Å². The average molecular weight is 265 g/mol. The van der Waals surface area contributed by atoms with Gasteiger partial charge in [-0.3, -0.25) is 4.99 Å². The van der Waals surface area contributed by atoms with Gasteiger partial charge >= 0.3 is 0 Å². The molecule has 1 aliphatic heterocycles. The van der Waals surface area contributed by atoms with Gasteiger partial charge in [0, 0.05) is 25.2 Å². The van der Waals surface area contributed by atoms with Gasteiger partial charge in [-0.15, -0.1) is 0 Å². The van der Waals surface area contributed by atoms with E-state index in [0.717, 1.165) is 25.2 Å². The van der Waals surface area contributed by atoms with Crippen LogP contribution in [0.4, 0.5) is 0 Å². The van der Waals surface area contributed by atoms with Crippen LogP contribution in [0.3, 0.4) is 0 Å². The van der Waals surface area contributed by atoms with E-state index in [1.165, 1.54) is 70.6 Å². The van der Waals surface area contributed by atoms with Crippen molar-refractivity contribution in [2.24, 2.45) is 4.99 Å². The first-order chi connectivity index (χ1) is 9.45. The van der Waals surface area contributed by atoms with Gasteiger partial charge in [-0.25, -0.2) is 0 Å². The van der Waals surface area contributed by atoms with E-state index in [4.69, 9.17) is 0 Å². The van der Waals surface area contributed by atoms with Crippen LogP contribution in [0.15, 0.2) is 4.99 Å². The fourth-order valence-corrected chi connectivity index (χ4v) is 3.34. The molecule has 3 nitrogen and oxygen atoms in total. The SMILES string of the molecule is C1=NCCCN1.C1CCC(NC2CCCCC2)CC1. The Morgan fingerprint density at radius 3 is 1.68 bits per heavy atom. The predicted molar refractivity (Wildman–Crippen MR) is 82.9 cm³/mol. The Morgan fingerprint density at radius 2 is 1.37 bits per heavy atom. The van der Waals surface area contributed by atoms with Gasteiger partial charge in [-0.1, -0.05) is 38.5 Å². The maximum absolute atomic E-state index is 3.94. The smallest absolute Gasteiger partial charge is 0.0823 e. The molecule has 0 amide bonds. The molecule has 2 fully saturated rings. The quantitative estimate of drug-likeness (QED) is 0.804. The summed E-state index contributed by atoms with van der Waals surface area (Å²) in [6, 6.07) is 1.74. The van der Waals surface area contributed by atoms with Crippen molar-refractivity contribution in [2.45, 2.75) is 82.7 Å². The van der Waals surface area contributed by atoms with Crippen molar-refractivity contribution in [3.8, 4) is 0 Å². The zero-order valence-corrected chi connectivity index (χ0v) is 12.4. The highest BCUT2D eigenvalue weighted by atomic mass is 15.0. The molecule has 110 valence electrons. The zero-order valence-electron chi connectivity index (χ0n) is 12.4. The van der Waals surface area contributed by atoms with E-state index in [2.05, 4.69) is 15.6 Å². The third-order valence-corrected chi connectivity index (χ3v) is 4.47. The molecule has 0 bridgehead atoms. The highest BCUT2D eigenvalue weighted by Gasteiger charge is 2.19. The van der Waals surface area contributed by atoms with Gasteiger partial charge < -0.3 is 10.6 Å². The highest BCUT2D eigenvalue weighted by Crippen LogP contribution is 2.22. The second-order valence-electron chi connectivity index (χ2n) is 6.18. The first-order valence-corrected chi connectivity index (χ1v) is 8.43. The van der Waals surface area contributed by atoms with Crippen molar-refractivity contribution in [3.63, 3.8) is 0 Å². The van der Waals surface area contributed by atoms with Crippen LogP contribution in [0.5, 0.6) is 0 Å². The molecule has 0 saturated heterocycles. The molecule has 0 aromatic heterocycles. The zero-order chi connectivity index (χ0) is 13.2. The van der Waals surface area contributed by atoms with Crippen LogP contribution in [0.1, 0.15) is 70.6 Å². The van der Waals surface area contributed by atoms with E-state index < -0.39 is 0 Å². The molecular weight excluding hydrogens is 234 g/mol. The van der Waals surface area contributed by atoms with Crippen LogP contribution in [-0.2, 0) is 0 Å². The summed E-state index contributed by atoms with van der Waals surface area (Å²) in [6.07, 6.45) is 17.5. The summed E-state index contributed by atoms with van der Waals surface area (Å²) in [4.78, 5) is 3.94. The standard InChI is InChI=1S/C12H23N.C4H8N2/c1-3-7-11(8-4-1)13-12-9-5-2-6-10-12;1-2-5-4-6-3-1/h11-13H,1-10H2;4H,1-3H2,(H,5,6). The summed E-state index contributed by atoms with van der Waals surface area (Å²) in [6.45, 7) is 2.11. The Hall–Kier alpha value is -0.570. The van der Waals surface area contributed by atoms with Crippen LogP contribution >= 0.6 is 0 Å². The van der Waals surface area contributed by atoms with Gasteiger partial charge in [0.15, 0.2) is 0 Å². The number of hydrogen-bond acceptors (Lipinski definition) is 3. The minimum atomic E-state index is 0.872. The van der Waals surface area contributed by atoms with Crippen LogP contribution in [0, 0.1) is 0 Å². The number of nitrogens with one attached hydrogen (secondary N) is 2. The molecular formula is C16H31N3. The summed E-state index contributed by atoms with van der Waals surface area (Å²) in [5.74, 6) is 0. The normalized spacial score (nSPS) is 25.3. The Balaban J connectivity index is 0.000000186. The predicted octanol–water partition coefficient (Wildman–Crippen LogP) is 3.25. The first kappa shape index (κ1) is 14.8. The van der Waals surface area contributed by atoms with E-state index in [1.807, 2.05) is 0 Å². The Bertz CT molecular complexity index is 216. The number of nitrogens with zero attached hydrogens (tertiary/aromatic N) is 1. The molecule has 19 heavy (non-hydrogen) atoms. The monoisotopic (exact) mass is 265 g/mol. The molecule has 0 atom stereocenters. The maximum Gasteiger partial charge on any atom is 0.0823 e. The Morgan fingerprint density at radius 1 is 0.789 bits per heavy atom. The molecule has 1 heterocycles. The Kier molecular flexibility index (Phi) is 7.30. The lowest BCUT2D eigenvalue weighted by Crippen LogP contribution is -2.40. The van der Waals surface area contributed by atoms with E-state index in [1.54, 1.807) is 6.34 Å². The van der Waals surface area contributed by atoms with Crippen molar-refractivity contribution < 1.29 is 0 Å². The van der Waals surface area contributed by atoms with Gasteiger partial charge in [0.25, 0.3) is 0 Å². The first-order valence-electron chi connectivity index (χ1n) is 8.43. The molecule has 0 spiro atoms. The topological polar surface area (TPSA) is 36.4 Å². The molecule has 2 aliphatic carbocycles. The molecule has 3 heteroatoms. The summed E-state index contributed by atoms with van der Waals surface area (Å²) in [5, 5.41) is 6.85. The fraction of sp³-hybridized carbons (Fsp3) is 0.938. The maximum atomic E-state index is 3.94. The van der Waals surface area contributed by atoms with Crippen LogP contribution in [0.25, 0.3) is 0 Å². The number of hydrogen-bond donors (Lipinski definition) is 2. The molecule has 0 radical (unpaired) electrons. The summed E-state index contributed by atoms with van der Waals surface area (Å²) < 4.78 is 0. The third-order valence-electron chi connectivity index (χ3n) is 4.47. The van der Waals surface area contributed by atoms with Crippen molar-refractivity contribution in [2.75, 3.05) is 13.1 Å². The lowest BCUT2D eigenvalue weighted by Gasteiger charge is -2.30. The van der Waals surface area contributed by atoms with Gasteiger partial charge in [0.05, 0.1) is 6.34 Å². The van der Waals surface area contributed by atoms with Crippen molar-refractivity contribution in [3.05, 3.63) is 0 Å². The largest absolute Gasteiger partial charge is 0.376 e. The summed E-state index contributed by atoms with van der Waals surface area (Å²) >= 11 is 0. The van der Waals surface area contributed by atoms with Crippen molar-refractivity contribution >= 4 is 6.34 Å². The molecule has 0 aromatic carbocycles. The second kappa shape index (κ2) is 9.35. The molecule has 3 rings (SSSR count). The second-order valence-corrected chi connectivity index (χ2v) is 6.18. The molecule has 0 aromatic rings. The molecule has 2 saturated carbocycles. The third kappa shape index (κ3) is 6.42. The average Bonchev–Trinajstić information content (AvgIpc) is 2.52. The highest BCUT2D eigenvalue weighted by molar-refractivity contribution is 5.54. The Labute approximate surface area is 118 Å². The summed E-state index contributed by atoms with van der Waals surface area (Å²) in [5.41, 5.74) is 0. The molecule has 0 unspecified atom stereocenters. The van der Waals surface area contributed by atoms with Gasteiger partial charge in [0.2, 0.25) is 0 Å². The van der Waals surface area contributed by atoms with Gasteiger partial charge in [0.1, 0.15) is 0 Å². The van der Waals surface area contributed by atoms with E-state index in [0.29, 0.717) is 0 Å². The minimum absolute atomic E-state index is 0.872. The molecule has 2 N–H and O–H groups in total. The van der Waals surface area contributed by atoms with Gasteiger partial charge in [-0.2, -0.15) is 0 Å². The van der Waals surface area contributed by atoms with Crippen molar-refractivity contribution in [1.82, 2.24) is 10.6 Å².